The quantitative estimate of drug-likeness (QED) is 0.260. The number of para-hydroxylation sites is 1. The van der Waals surface area contributed by atoms with E-state index in [9.17, 15) is 18.0 Å². The van der Waals surface area contributed by atoms with Crippen LogP contribution >= 0.6 is 11.6 Å². The summed E-state index contributed by atoms with van der Waals surface area (Å²) in [6, 6.07) is 17.5. The van der Waals surface area contributed by atoms with Crippen LogP contribution < -0.4 is 9.62 Å². The van der Waals surface area contributed by atoms with Gasteiger partial charge in [-0.2, -0.15) is 0 Å². The van der Waals surface area contributed by atoms with Crippen molar-refractivity contribution in [3.63, 3.8) is 0 Å². The van der Waals surface area contributed by atoms with Gasteiger partial charge in [-0.1, -0.05) is 79.9 Å². The number of carbonyl (C=O) groups excluding carboxylic acids is 2. The van der Waals surface area contributed by atoms with Crippen LogP contribution in [0.25, 0.3) is 0 Å². The van der Waals surface area contributed by atoms with Crippen LogP contribution in [-0.4, -0.2) is 44.3 Å². The third-order valence-corrected chi connectivity index (χ3v) is 8.67. The van der Waals surface area contributed by atoms with Crippen molar-refractivity contribution in [2.75, 3.05) is 17.4 Å². The van der Waals surface area contributed by atoms with Gasteiger partial charge < -0.3 is 10.2 Å². The van der Waals surface area contributed by atoms with E-state index in [1.807, 2.05) is 13.8 Å². The molecule has 0 saturated heterocycles. The lowest BCUT2D eigenvalue weighted by Crippen LogP contribution is -2.52. The molecule has 3 aromatic rings. The normalized spacial score (nSPS) is 12.0. The van der Waals surface area contributed by atoms with Crippen molar-refractivity contribution in [2.24, 2.45) is 0 Å². The van der Waals surface area contributed by atoms with Crippen molar-refractivity contribution < 1.29 is 22.4 Å². The molecule has 0 spiro atoms. The number of halogens is 2. The van der Waals surface area contributed by atoms with E-state index in [0.29, 0.717) is 17.1 Å². The summed E-state index contributed by atoms with van der Waals surface area (Å²) in [5.41, 5.74) is 1.17. The number of nitrogens with zero attached hydrogens (tertiary/aromatic N) is 2. The largest absolute Gasteiger partial charge is 0.354 e. The third-order valence-electron chi connectivity index (χ3n) is 6.52. The molecule has 0 unspecified atom stereocenters. The first-order valence-electron chi connectivity index (χ1n) is 13.2. The molecule has 0 saturated carbocycles. The molecule has 0 aromatic heterocycles. The maximum absolute atomic E-state index is 15.0. The highest BCUT2D eigenvalue weighted by Crippen LogP contribution is 2.28. The van der Waals surface area contributed by atoms with Crippen LogP contribution in [0.4, 0.5) is 10.1 Å². The Labute approximate surface area is 241 Å². The molecule has 3 aromatic carbocycles. The molecule has 0 heterocycles. The molecule has 10 heteroatoms. The van der Waals surface area contributed by atoms with Gasteiger partial charge in [0.15, 0.2) is 0 Å². The van der Waals surface area contributed by atoms with Crippen molar-refractivity contribution >= 4 is 39.1 Å². The van der Waals surface area contributed by atoms with E-state index >= 15 is 4.39 Å². The number of unbranched alkanes of at least 4 members (excludes halogenated alkanes) is 1. The van der Waals surface area contributed by atoms with Gasteiger partial charge in [0.1, 0.15) is 18.4 Å². The lowest BCUT2D eigenvalue weighted by molar-refractivity contribution is -0.140. The predicted molar refractivity (Wildman–Crippen MR) is 156 cm³/mol. The van der Waals surface area contributed by atoms with Gasteiger partial charge in [0.2, 0.25) is 11.8 Å². The monoisotopic (exact) mass is 587 g/mol. The molecule has 1 atom stereocenters. The molecule has 3 rings (SSSR count). The topological polar surface area (TPSA) is 86.8 Å². The van der Waals surface area contributed by atoms with Gasteiger partial charge in [-0.3, -0.25) is 13.9 Å². The lowest BCUT2D eigenvalue weighted by atomic mass is 10.1. The zero-order chi connectivity index (χ0) is 29.3. The number of benzene rings is 3. The second kappa shape index (κ2) is 14.3. The summed E-state index contributed by atoms with van der Waals surface area (Å²) in [6.45, 7) is 5.28. The van der Waals surface area contributed by atoms with Crippen LogP contribution in [0.3, 0.4) is 0 Å². The summed E-state index contributed by atoms with van der Waals surface area (Å²) in [7, 11) is -4.35. The molecule has 7 nitrogen and oxygen atoms in total. The van der Waals surface area contributed by atoms with Gasteiger partial charge in [-0.05, 0) is 55.7 Å². The van der Waals surface area contributed by atoms with Crippen molar-refractivity contribution in [3.8, 4) is 0 Å². The van der Waals surface area contributed by atoms with Gasteiger partial charge in [-0.25, -0.2) is 12.8 Å². The van der Waals surface area contributed by atoms with Gasteiger partial charge in [0, 0.05) is 18.1 Å². The molecule has 214 valence electrons. The van der Waals surface area contributed by atoms with Crippen molar-refractivity contribution in [1.82, 2.24) is 10.2 Å². The highest BCUT2D eigenvalue weighted by atomic mass is 35.5. The summed E-state index contributed by atoms with van der Waals surface area (Å²) in [6.07, 6.45) is 1.93. The SMILES string of the molecule is CCCCNC(=O)[C@@H](CC)N(Cc1ccccc1Cl)C(=O)CN(c1ccccc1F)S(=O)(=O)c1ccc(C)cc1. The Morgan fingerprint density at radius 3 is 2.25 bits per heavy atom. The number of rotatable bonds is 13. The van der Waals surface area contributed by atoms with Gasteiger partial charge in [0.25, 0.3) is 10.0 Å². The maximum atomic E-state index is 15.0. The Balaban J connectivity index is 2.06. The Hall–Kier alpha value is -3.43. The number of hydrogen-bond donors (Lipinski definition) is 1. The second-order valence-corrected chi connectivity index (χ2v) is 11.7. The fourth-order valence-electron chi connectivity index (χ4n) is 4.24. The van der Waals surface area contributed by atoms with Crippen LogP contribution in [-0.2, 0) is 26.2 Å². The molecular formula is C30H35ClFN3O4S. The van der Waals surface area contributed by atoms with Crippen LogP contribution in [0.1, 0.15) is 44.2 Å². The van der Waals surface area contributed by atoms with E-state index in [-0.39, 0.29) is 29.5 Å². The zero-order valence-corrected chi connectivity index (χ0v) is 24.5. The Kier molecular flexibility index (Phi) is 11.1. The molecule has 0 radical (unpaired) electrons. The second-order valence-electron chi connectivity index (χ2n) is 9.46. The summed E-state index contributed by atoms with van der Waals surface area (Å²) in [5, 5.41) is 3.27. The number of nitrogens with one attached hydrogen (secondary N) is 1. The van der Waals surface area contributed by atoms with E-state index in [4.69, 9.17) is 11.6 Å². The van der Waals surface area contributed by atoms with E-state index in [0.717, 1.165) is 28.8 Å². The number of hydrogen-bond acceptors (Lipinski definition) is 4. The molecule has 0 fully saturated rings. The standard InChI is InChI=1S/C30H35ClFN3O4S/c1-4-6-19-33-30(37)27(5-2)34(20-23-11-7-8-12-25(23)31)29(36)21-35(28-14-10-9-13-26(28)32)40(38,39)24-17-15-22(3)16-18-24/h7-18,27H,4-6,19-21H2,1-3H3,(H,33,37)/t27-/m1/s1. The molecule has 0 aliphatic carbocycles. The van der Waals surface area contributed by atoms with Gasteiger partial charge in [0.05, 0.1) is 10.6 Å². The lowest BCUT2D eigenvalue weighted by Gasteiger charge is -2.33. The fourth-order valence-corrected chi connectivity index (χ4v) is 5.86. The number of sulfonamides is 1. The fraction of sp³-hybridized carbons (Fsp3) is 0.333. The van der Waals surface area contributed by atoms with E-state index in [2.05, 4.69) is 5.32 Å². The van der Waals surface area contributed by atoms with E-state index < -0.39 is 34.3 Å². The Morgan fingerprint density at radius 1 is 0.975 bits per heavy atom. The Bertz CT molecular complexity index is 1420. The first kappa shape index (κ1) is 31.1. The Morgan fingerprint density at radius 2 is 1.62 bits per heavy atom. The summed E-state index contributed by atoms with van der Waals surface area (Å²) >= 11 is 6.40. The van der Waals surface area contributed by atoms with Gasteiger partial charge in [-0.15, -0.1) is 0 Å². The van der Waals surface area contributed by atoms with Crippen molar-refractivity contribution in [1.29, 1.82) is 0 Å². The van der Waals surface area contributed by atoms with E-state index in [1.54, 1.807) is 43.3 Å². The van der Waals surface area contributed by atoms with Crippen molar-refractivity contribution in [3.05, 3.63) is 94.8 Å². The molecular weight excluding hydrogens is 553 g/mol. The van der Waals surface area contributed by atoms with Gasteiger partial charge >= 0.3 is 0 Å². The highest BCUT2D eigenvalue weighted by Gasteiger charge is 2.34. The zero-order valence-electron chi connectivity index (χ0n) is 22.9. The van der Waals surface area contributed by atoms with Crippen LogP contribution in [0.5, 0.6) is 0 Å². The molecule has 1 N–H and O–H groups in total. The minimum Gasteiger partial charge on any atom is -0.354 e. The van der Waals surface area contributed by atoms with Crippen LogP contribution in [0.15, 0.2) is 77.7 Å². The maximum Gasteiger partial charge on any atom is 0.264 e. The minimum atomic E-state index is -4.35. The number of amides is 2. The number of carbonyl (C=O) groups is 2. The third kappa shape index (κ3) is 7.61. The number of aryl methyl sites for hydroxylation is 1. The molecule has 2 amide bonds. The average molecular weight is 588 g/mol. The predicted octanol–water partition coefficient (Wildman–Crippen LogP) is 5.71. The van der Waals surface area contributed by atoms with Crippen LogP contribution in [0, 0.1) is 12.7 Å². The molecule has 0 aliphatic heterocycles. The molecule has 0 bridgehead atoms. The summed E-state index contributed by atoms with van der Waals surface area (Å²) < 4.78 is 43.4. The molecule has 40 heavy (non-hydrogen) atoms. The summed E-state index contributed by atoms with van der Waals surface area (Å²) in [4.78, 5) is 28.4. The number of anilines is 1. The highest BCUT2D eigenvalue weighted by molar-refractivity contribution is 7.92. The molecule has 0 aliphatic rings. The van der Waals surface area contributed by atoms with Crippen LogP contribution in [0.2, 0.25) is 5.02 Å². The average Bonchev–Trinajstić information content (AvgIpc) is 2.93. The minimum absolute atomic E-state index is 0.0338. The first-order chi connectivity index (χ1) is 19.1. The smallest absolute Gasteiger partial charge is 0.264 e. The first-order valence-corrected chi connectivity index (χ1v) is 15.1. The van der Waals surface area contributed by atoms with E-state index in [1.165, 1.54) is 35.2 Å². The summed E-state index contributed by atoms with van der Waals surface area (Å²) in [5.74, 6) is -1.82. The van der Waals surface area contributed by atoms with Crippen molar-refractivity contribution in [2.45, 2.75) is 57.5 Å².